The van der Waals surface area contributed by atoms with Crippen LogP contribution in [0.3, 0.4) is 0 Å². The molecule has 0 bridgehead atoms. The summed E-state index contributed by atoms with van der Waals surface area (Å²) >= 11 is 0. The lowest BCUT2D eigenvalue weighted by Crippen LogP contribution is -2.36. The average Bonchev–Trinajstić information content (AvgIpc) is 3.18. The van der Waals surface area contributed by atoms with Crippen LogP contribution in [0.15, 0.2) is 30.3 Å². The van der Waals surface area contributed by atoms with Crippen LogP contribution < -0.4 is 0 Å². The van der Waals surface area contributed by atoms with E-state index in [1.165, 1.54) is 4.90 Å². The van der Waals surface area contributed by atoms with Crippen molar-refractivity contribution in [1.82, 2.24) is 20.1 Å². The number of hydrogen-bond acceptors (Lipinski definition) is 2. The second-order valence-electron chi connectivity index (χ2n) is 5.77. The summed E-state index contributed by atoms with van der Waals surface area (Å²) in [6, 6.07) is 8.53. The van der Waals surface area contributed by atoms with Gasteiger partial charge in [-0.15, -0.1) is 0 Å². The van der Waals surface area contributed by atoms with Gasteiger partial charge in [0, 0.05) is 47.7 Å². The number of hydrogen-bond donors (Lipinski definition) is 2. The van der Waals surface area contributed by atoms with Crippen molar-refractivity contribution in [2.24, 2.45) is 0 Å². The van der Waals surface area contributed by atoms with Gasteiger partial charge >= 0.3 is 6.18 Å². The summed E-state index contributed by atoms with van der Waals surface area (Å²) in [7, 11) is 0. The topological polar surface area (TPSA) is 64.8 Å². The lowest BCUT2D eigenvalue weighted by Gasteiger charge is -2.26. The second-order valence-corrected chi connectivity index (χ2v) is 5.77. The first-order valence-electron chi connectivity index (χ1n) is 7.44. The summed E-state index contributed by atoms with van der Waals surface area (Å²) in [5.41, 5.74) is 1.84. The minimum Gasteiger partial charge on any atom is -0.358 e. The van der Waals surface area contributed by atoms with E-state index in [1.54, 1.807) is 0 Å². The van der Waals surface area contributed by atoms with E-state index >= 15 is 0 Å². The Morgan fingerprint density at radius 2 is 2.04 bits per heavy atom. The van der Waals surface area contributed by atoms with Gasteiger partial charge in [-0.25, -0.2) is 0 Å². The monoisotopic (exact) mass is 334 g/mol. The van der Waals surface area contributed by atoms with Crippen LogP contribution in [0.5, 0.6) is 0 Å². The molecule has 24 heavy (non-hydrogen) atoms. The predicted octanol–water partition coefficient (Wildman–Crippen LogP) is 3.11. The van der Waals surface area contributed by atoms with Gasteiger partial charge in [-0.2, -0.15) is 18.3 Å². The molecule has 0 spiro atoms. The van der Waals surface area contributed by atoms with Crippen LogP contribution in [0.25, 0.3) is 10.9 Å². The van der Waals surface area contributed by atoms with Gasteiger partial charge in [0.15, 0.2) is 5.69 Å². The number of amides is 1. The first-order valence-corrected chi connectivity index (χ1v) is 7.44. The Morgan fingerprint density at radius 3 is 2.79 bits per heavy atom. The maximum Gasteiger partial charge on any atom is 0.432 e. The van der Waals surface area contributed by atoms with Crippen molar-refractivity contribution >= 4 is 16.8 Å². The van der Waals surface area contributed by atoms with Crippen molar-refractivity contribution in [3.05, 3.63) is 53.0 Å². The number of nitrogens with one attached hydrogen (secondary N) is 2. The van der Waals surface area contributed by atoms with Crippen molar-refractivity contribution in [3.63, 3.8) is 0 Å². The molecule has 0 saturated carbocycles. The van der Waals surface area contributed by atoms with Crippen LogP contribution >= 0.6 is 0 Å². The number of fused-ring (bicyclic) bond motifs is 3. The zero-order valence-electron chi connectivity index (χ0n) is 12.4. The zero-order valence-corrected chi connectivity index (χ0v) is 12.4. The highest BCUT2D eigenvalue weighted by Gasteiger charge is 2.35. The standard InChI is InChI=1S/C16H13F3N4O/c17-16(18,19)14-7-13(21-22-14)15(24)23-6-5-12-10(8-23)9-3-1-2-4-11(9)20-12/h1-4,7,20H,5-6,8H2,(H,21,22). The molecule has 0 saturated heterocycles. The highest BCUT2D eigenvalue weighted by molar-refractivity contribution is 5.93. The Balaban J connectivity index is 1.62. The van der Waals surface area contributed by atoms with Crippen LogP contribution in [0.1, 0.15) is 27.4 Å². The highest BCUT2D eigenvalue weighted by Crippen LogP contribution is 2.30. The maximum atomic E-state index is 12.6. The molecule has 0 fully saturated rings. The number of benzene rings is 1. The predicted molar refractivity (Wildman–Crippen MR) is 80.3 cm³/mol. The third kappa shape index (κ3) is 2.34. The number of carbonyl (C=O) groups is 1. The molecule has 4 rings (SSSR count). The Kier molecular flexibility index (Phi) is 3.16. The molecule has 3 heterocycles. The van der Waals surface area contributed by atoms with E-state index in [-0.39, 0.29) is 5.69 Å². The molecule has 124 valence electrons. The quantitative estimate of drug-likeness (QED) is 0.718. The van der Waals surface area contributed by atoms with Gasteiger partial charge in [0.1, 0.15) is 5.69 Å². The Hall–Kier alpha value is -2.77. The lowest BCUT2D eigenvalue weighted by molar-refractivity contribution is -0.141. The SMILES string of the molecule is O=C(c1cc(C(F)(F)F)[nH]n1)N1CCc2[nH]c3ccccc3c2C1. The van der Waals surface area contributed by atoms with E-state index in [0.29, 0.717) is 19.5 Å². The smallest absolute Gasteiger partial charge is 0.358 e. The summed E-state index contributed by atoms with van der Waals surface area (Å²) in [5, 5.41) is 6.43. The van der Waals surface area contributed by atoms with E-state index in [1.807, 2.05) is 29.4 Å². The summed E-state index contributed by atoms with van der Waals surface area (Å²) < 4.78 is 37.9. The van der Waals surface area contributed by atoms with Gasteiger partial charge in [0.2, 0.25) is 0 Å². The normalized spacial score (nSPS) is 14.9. The number of carbonyl (C=O) groups excluding carboxylic acids is 1. The number of nitrogens with zero attached hydrogens (tertiary/aromatic N) is 2. The van der Waals surface area contributed by atoms with Gasteiger partial charge < -0.3 is 9.88 Å². The molecule has 1 aliphatic heterocycles. The molecule has 8 heteroatoms. The van der Waals surface area contributed by atoms with Crippen molar-refractivity contribution < 1.29 is 18.0 Å². The van der Waals surface area contributed by atoms with Crippen LogP contribution in [0.2, 0.25) is 0 Å². The molecule has 3 aromatic rings. The zero-order chi connectivity index (χ0) is 16.9. The Labute approximate surface area is 134 Å². The molecule has 0 radical (unpaired) electrons. The minimum absolute atomic E-state index is 0.217. The van der Waals surface area contributed by atoms with Gasteiger partial charge in [-0.3, -0.25) is 9.89 Å². The molecule has 2 aromatic heterocycles. The number of H-pyrrole nitrogens is 2. The third-order valence-electron chi connectivity index (χ3n) is 4.27. The van der Waals surface area contributed by atoms with Crippen LogP contribution in [-0.4, -0.2) is 32.5 Å². The van der Waals surface area contributed by atoms with Gasteiger partial charge in [-0.1, -0.05) is 18.2 Å². The van der Waals surface area contributed by atoms with Gasteiger partial charge in [0.05, 0.1) is 0 Å². The van der Waals surface area contributed by atoms with Crippen molar-refractivity contribution in [2.75, 3.05) is 6.54 Å². The van der Waals surface area contributed by atoms with Crippen molar-refractivity contribution in [1.29, 1.82) is 0 Å². The molecular formula is C16H13F3N4O. The number of rotatable bonds is 1. The lowest BCUT2D eigenvalue weighted by atomic mass is 10.0. The molecule has 0 aliphatic carbocycles. The average molecular weight is 334 g/mol. The van der Waals surface area contributed by atoms with E-state index in [2.05, 4.69) is 10.1 Å². The Bertz CT molecular complexity index is 925. The van der Waals surface area contributed by atoms with E-state index in [4.69, 9.17) is 0 Å². The minimum atomic E-state index is -4.54. The fraction of sp³-hybridized carbons (Fsp3) is 0.250. The van der Waals surface area contributed by atoms with Crippen LogP contribution in [-0.2, 0) is 19.1 Å². The van der Waals surface area contributed by atoms with Crippen LogP contribution in [0, 0.1) is 0 Å². The molecule has 5 nitrogen and oxygen atoms in total. The first-order chi connectivity index (χ1) is 11.4. The number of alkyl halides is 3. The Morgan fingerprint density at radius 1 is 1.25 bits per heavy atom. The number of aromatic nitrogens is 3. The fourth-order valence-electron chi connectivity index (χ4n) is 3.08. The third-order valence-corrected chi connectivity index (χ3v) is 4.27. The number of halogens is 3. The highest BCUT2D eigenvalue weighted by atomic mass is 19.4. The fourth-order valence-corrected chi connectivity index (χ4v) is 3.08. The van der Waals surface area contributed by atoms with E-state index in [0.717, 1.165) is 28.2 Å². The summed E-state index contributed by atoms with van der Waals surface area (Å²) in [6.45, 7) is 0.791. The molecular weight excluding hydrogens is 321 g/mol. The van der Waals surface area contributed by atoms with Gasteiger partial charge in [-0.05, 0) is 6.07 Å². The largest absolute Gasteiger partial charge is 0.432 e. The first kappa shape index (κ1) is 14.8. The van der Waals surface area contributed by atoms with E-state index in [9.17, 15) is 18.0 Å². The summed E-state index contributed by atoms with van der Waals surface area (Å²) in [5.74, 6) is -0.502. The summed E-state index contributed by atoms with van der Waals surface area (Å²) in [4.78, 5) is 17.3. The maximum absolute atomic E-state index is 12.6. The second kappa shape index (κ2) is 5.12. The van der Waals surface area contributed by atoms with Crippen molar-refractivity contribution in [2.45, 2.75) is 19.1 Å². The summed E-state index contributed by atoms with van der Waals surface area (Å²) in [6.07, 6.45) is -3.91. The molecule has 0 atom stereocenters. The van der Waals surface area contributed by atoms with Crippen molar-refractivity contribution in [3.8, 4) is 0 Å². The van der Waals surface area contributed by atoms with E-state index < -0.39 is 17.8 Å². The molecule has 1 amide bonds. The van der Waals surface area contributed by atoms with Crippen LogP contribution in [0.4, 0.5) is 13.2 Å². The molecule has 1 aliphatic rings. The molecule has 1 aromatic carbocycles. The van der Waals surface area contributed by atoms with Gasteiger partial charge in [0.25, 0.3) is 5.91 Å². The molecule has 2 N–H and O–H groups in total. The molecule has 0 unspecified atom stereocenters. The number of aromatic amines is 2. The number of para-hydroxylation sites is 1.